The molecule has 0 unspecified atom stereocenters. The Bertz CT molecular complexity index is 374. The van der Waals surface area contributed by atoms with Gasteiger partial charge in [0.05, 0.1) is 18.5 Å². The Morgan fingerprint density at radius 2 is 2.35 bits per heavy atom. The zero-order chi connectivity index (χ0) is 12.1. The van der Waals surface area contributed by atoms with E-state index in [-0.39, 0.29) is 5.91 Å². The zero-order valence-corrected chi connectivity index (χ0v) is 9.90. The Hall–Kier alpha value is -1.62. The molecule has 5 nitrogen and oxygen atoms in total. The molecule has 0 spiro atoms. The summed E-state index contributed by atoms with van der Waals surface area (Å²) in [5.74, 6) is -0.0871. The van der Waals surface area contributed by atoms with E-state index in [1.807, 2.05) is 6.07 Å². The van der Waals surface area contributed by atoms with Crippen LogP contribution in [0.4, 0.5) is 5.69 Å². The van der Waals surface area contributed by atoms with E-state index in [0.717, 1.165) is 25.1 Å². The second kappa shape index (κ2) is 5.63. The molecule has 0 radical (unpaired) electrons. The van der Waals surface area contributed by atoms with E-state index in [2.05, 4.69) is 15.6 Å². The Morgan fingerprint density at radius 1 is 1.53 bits per heavy atom. The van der Waals surface area contributed by atoms with Gasteiger partial charge in [-0.05, 0) is 25.0 Å². The highest BCUT2D eigenvalue weighted by atomic mass is 16.5. The van der Waals surface area contributed by atoms with Crippen molar-refractivity contribution in [3.05, 3.63) is 24.0 Å². The van der Waals surface area contributed by atoms with Crippen LogP contribution in [0.25, 0.3) is 0 Å². The maximum Gasteiger partial charge on any atom is 0.270 e. The quantitative estimate of drug-likeness (QED) is 0.723. The molecule has 2 rings (SSSR count). The van der Waals surface area contributed by atoms with E-state index in [1.54, 1.807) is 19.4 Å². The summed E-state index contributed by atoms with van der Waals surface area (Å²) in [6, 6.07) is 3.95. The molecule has 1 aromatic rings. The van der Waals surface area contributed by atoms with E-state index in [9.17, 15) is 4.79 Å². The van der Waals surface area contributed by atoms with Gasteiger partial charge in [0, 0.05) is 19.7 Å². The lowest BCUT2D eigenvalue weighted by atomic mass is 10.3. The third-order valence-electron chi connectivity index (χ3n) is 2.54. The highest BCUT2D eigenvalue weighted by Gasteiger charge is 2.24. The first-order valence-electron chi connectivity index (χ1n) is 5.79. The summed E-state index contributed by atoms with van der Waals surface area (Å²) < 4.78 is 4.93. The van der Waals surface area contributed by atoms with Gasteiger partial charge < -0.3 is 15.4 Å². The topological polar surface area (TPSA) is 63.2 Å². The van der Waals surface area contributed by atoms with Crippen molar-refractivity contribution >= 4 is 11.6 Å². The van der Waals surface area contributed by atoms with Crippen molar-refractivity contribution in [3.63, 3.8) is 0 Å². The molecule has 1 aliphatic rings. The normalized spacial score (nSPS) is 14.4. The van der Waals surface area contributed by atoms with Gasteiger partial charge in [-0.3, -0.25) is 4.79 Å². The fourth-order valence-electron chi connectivity index (χ4n) is 1.42. The van der Waals surface area contributed by atoms with Crippen LogP contribution in [-0.4, -0.2) is 37.2 Å². The van der Waals surface area contributed by atoms with Crippen LogP contribution in [0.5, 0.6) is 0 Å². The Balaban J connectivity index is 1.85. The van der Waals surface area contributed by atoms with E-state index in [4.69, 9.17) is 4.74 Å². The molecule has 1 aromatic heterocycles. The lowest BCUT2D eigenvalue weighted by Gasteiger charge is -2.06. The van der Waals surface area contributed by atoms with Crippen molar-refractivity contribution in [3.8, 4) is 0 Å². The molecule has 1 heterocycles. The molecular weight excluding hydrogens is 218 g/mol. The smallest absolute Gasteiger partial charge is 0.270 e. The standard InChI is InChI=1S/C12H17N3O2/c1-17-7-6-13-10-4-5-11(14-8-10)12(16)15-9-2-3-9/h4-5,8-9,13H,2-3,6-7H2,1H3,(H,15,16). The minimum absolute atomic E-state index is 0.0871. The molecule has 1 saturated carbocycles. The largest absolute Gasteiger partial charge is 0.383 e. The molecule has 1 aliphatic carbocycles. The molecule has 0 atom stereocenters. The molecule has 0 aliphatic heterocycles. The van der Waals surface area contributed by atoms with Gasteiger partial charge in [0.2, 0.25) is 0 Å². The Labute approximate surface area is 101 Å². The van der Waals surface area contributed by atoms with Gasteiger partial charge in [0.15, 0.2) is 0 Å². The van der Waals surface area contributed by atoms with Crippen LogP contribution in [0.3, 0.4) is 0 Å². The third kappa shape index (κ3) is 3.71. The highest BCUT2D eigenvalue weighted by molar-refractivity contribution is 5.92. The van der Waals surface area contributed by atoms with Crippen molar-refractivity contribution in [1.29, 1.82) is 0 Å². The van der Waals surface area contributed by atoms with Crippen molar-refractivity contribution in [2.75, 3.05) is 25.6 Å². The number of carbonyl (C=O) groups is 1. The van der Waals surface area contributed by atoms with Crippen molar-refractivity contribution in [1.82, 2.24) is 10.3 Å². The van der Waals surface area contributed by atoms with E-state index in [1.165, 1.54) is 0 Å². The second-order valence-corrected chi connectivity index (χ2v) is 4.10. The fraction of sp³-hybridized carbons (Fsp3) is 0.500. The van der Waals surface area contributed by atoms with Crippen LogP contribution in [0.15, 0.2) is 18.3 Å². The minimum Gasteiger partial charge on any atom is -0.383 e. The lowest BCUT2D eigenvalue weighted by molar-refractivity contribution is 0.0946. The highest BCUT2D eigenvalue weighted by Crippen LogP contribution is 2.19. The first kappa shape index (κ1) is 11.9. The van der Waals surface area contributed by atoms with Gasteiger partial charge in [0.25, 0.3) is 5.91 Å². The monoisotopic (exact) mass is 235 g/mol. The summed E-state index contributed by atoms with van der Waals surface area (Å²) in [6.07, 6.45) is 3.84. The lowest BCUT2D eigenvalue weighted by Crippen LogP contribution is -2.26. The molecule has 1 fully saturated rings. The Morgan fingerprint density at radius 3 is 2.94 bits per heavy atom. The summed E-state index contributed by atoms with van der Waals surface area (Å²) in [5, 5.41) is 6.05. The maximum atomic E-state index is 11.7. The molecule has 0 saturated heterocycles. The van der Waals surface area contributed by atoms with Crippen LogP contribution >= 0.6 is 0 Å². The number of ether oxygens (including phenoxy) is 1. The summed E-state index contributed by atoms with van der Waals surface area (Å²) in [5.41, 5.74) is 1.36. The fourth-order valence-corrected chi connectivity index (χ4v) is 1.42. The Kier molecular flexibility index (Phi) is 3.93. The van der Waals surface area contributed by atoms with Crippen LogP contribution < -0.4 is 10.6 Å². The summed E-state index contributed by atoms with van der Waals surface area (Å²) >= 11 is 0. The summed E-state index contributed by atoms with van der Waals surface area (Å²) in [6.45, 7) is 1.37. The zero-order valence-electron chi connectivity index (χ0n) is 9.90. The number of nitrogens with one attached hydrogen (secondary N) is 2. The van der Waals surface area contributed by atoms with Gasteiger partial charge in [-0.2, -0.15) is 0 Å². The number of hydrogen-bond donors (Lipinski definition) is 2. The number of hydrogen-bond acceptors (Lipinski definition) is 4. The molecule has 0 bridgehead atoms. The molecule has 92 valence electrons. The van der Waals surface area contributed by atoms with Gasteiger partial charge in [-0.25, -0.2) is 4.98 Å². The number of anilines is 1. The van der Waals surface area contributed by atoms with E-state index in [0.29, 0.717) is 18.3 Å². The molecule has 0 aromatic carbocycles. The second-order valence-electron chi connectivity index (χ2n) is 4.10. The number of amides is 1. The molecule has 2 N–H and O–H groups in total. The number of rotatable bonds is 6. The van der Waals surface area contributed by atoms with Crippen LogP contribution in [0.1, 0.15) is 23.3 Å². The summed E-state index contributed by atoms with van der Waals surface area (Å²) in [7, 11) is 1.66. The minimum atomic E-state index is -0.0871. The van der Waals surface area contributed by atoms with Gasteiger partial charge in [0.1, 0.15) is 5.69 Å². The number of methoxy groups -OCH3 is 1. The van der Waals surface area contributed by atoms with E-state index < -0.39 is 0 Å². The number of aromatic nitrogens is 1. The summed E-state index contributed by atoms with van der Waals surface area (Å²) in [4.78, 5) is 15.8. The van der Waals surface area contributed by atoms with Crippen LogP contribution in [0, 0.1) is 0 Å². The first-order chi connectivity index (χ1) is 8.29. The van der Waals surface area contributed by atoms with Crippen molar-refractivity contribution in [2.45, 2.75) is 18.9 Å². The number of nitrogens with zero attached hydrogens (tertiary/aromatic N) is 1. The first-order valence-corrected chi connectivity index (χ1v) is 5.79. The van der Waals surface area contributed by atoms with Crippen LogP contribution in [0.2, 0.25) is 0 Å². The van der Waals surface area contributed by atoms with Crippen LogP contribution in [-0.2, 0) is 4.74 Å². The number of carbonyl (C=O) groups excluding carboxylic acids is 1. The number of pyridine rings is 1. The van der Waals surface area contributed by atoms with Gasteiger partial charge in [-0.1, -0.05) is 0 Å². The average molecular weight is 235 g/mol. The van der Waals surface area contributed by atoms with Crippen molar-refractivity contribution in [2.24, 2.45) is 0 Å². The van der Waals surface area contributed by atoms with Gasteiger partial charge in [-0.15, -0.1) is 0 Å². The predicted octanol–water partition coefficient (Wildman–Crippen LogP) is 1.03. The average Bonchev–Trinajstić information content (AvgIpc) is 3.14. The van der Waals surface area contributed by atoms with Gasteiger partial charge >= 0.3 is 0 Å². The molecular formula is C12H17N3O2. The molecule has 17 heavy (non-hydrogen) atoms. The molecule has 1 amide bonds. The SMILES string of the molecule is COCCNc1ccc(C(=O)NC2CC2)nc1. The van der Waals surface area contributed by atoms with Crippen molar-refractivity contribution < 1.29 is 9.53 Å². The van der Waals surface area contributed by atoms with E-state index >= 15 is 0 Å². The molecule has 5 heteroatoms. The maximum absolute atomic E-state index is 11.7. The predicted molar refractivity (Wildman–Crippen MR) is 65.1 cm³/mol. The third-order valence-corrected chi connectivity index (χ3v) is 2.54.